The van der Waals surface area contributed by atoms with Crippen LogP contribution in [0.25, 0.3) is 0 Å². The first-order chi connectivity index (χ1) is 9.15. The molecule has 2 amide bonds. The van der Waals surface area contributed by atoms with E-state index < -0.39 is 43.0 Å². The lowest BCUT2D eigenvalue weighted by atomic mass is 10.1. The molecular weight excluding hydrogens is 281 g/mol. The molecule has 0 fully saturated rings. The van der Waals surface area contributed by atoms with Gasteiger partial charge in [0, 0.05) is 0 Å². The van der Waals surface area contributed by atoms with Gasteiger partial charge in [-0.25, -0.2) is 4.79 Å². The van der Waals surface area contributed by atoms with Crippen LogP contribution in [0, 0.1) is 0 Å². The van der Waals surface area contributed by atoms with E-state index in [9.17, 15) is 27.6 Å². The average molecular weight is 298 g/mol. The lowest BCUT2D eigenvalue weighted by molar-refractivity contribution is -0.144. The Kier molecular flexibility index (Phi) is 7.63. The summed E-state index contributed by atoms with van der Waals surface area (Å²) in [6.07, 6.45) is -3.91. The average Bonchev–Trinajstić information content (AvgIpc) is 2.30. The molecule has 0 aromatic rings. The predicted octanol–water partition coefficient (Wildman–Crippen LogP) is 0.815. The Morgan fingerprint density at radius 1 is 1.20 bits per heavy atom. The Morgan fingerprint density at radius 2 is 1.80 bits per heavy atom. The van der Waals surface area contributed by atoms with Gasteiger partial charge in [-0.05, 0) is 6.42 Å². The van der Waals surface area contributed by atoms with E-state index in [-0.39, 0.29) is 6.42 Å². The van der Waals surface area contributed by atoms with Crippen molar-refractivity contribution in [1.82, 2.24) is 10.6 Å². The van der Waals surface area contributed by atoms with Gasteiger partial charge < -0.3 is 15.7 Å². The van der Waals surface area contributed by atoms with Gasteiger partial charge in [-0.3, -0.25) is 9.59 Å². The molecule has 0 rings (SSSR count). The van der Waals surface area contributed by atoms with Gasteiger partial charge in [-0.2, -0.15) is 13.2 Å². The number of nitrogens with one attached hydrogen (secondary N) is 2. The van der Waals surface area contributed by atoms with Crippen LogP contribution in [0.4, 0.5) is 13.2 Å². The summed E-state index contributed by atoms with van der Waals surface area (Å²) < 4.78 is 35.4. The first kappa shape index (κ1) is 18.2. The molecule has 0 saturated heterocycles. The number of carbonyl (C=O) groups excluding carboxylic acids is 2. The number of hydrogen-bond acceptors (Lipinski definition) is 3. The molecule has 0 saturated carbocycles. The number of rotatable bonds is 8. The number of unbranched alkanes of at least 4 members (excludes halogenated alkanes) is 1. The summed E-state index contributed by atoms with van der Waals surface area (Å²) in [6.45, 7) is 0.308. The van der Waals surface area contributed by atoms with Crippen LogP contribution in [0.5, 0.6) is 0 Å². The van der Waals surface area contributed by atoms with Crippen LogP contribution in [-0.4, -0.2) is 41.7 Å². The van der Waals surface area contributed by atoms with E-state index in [2.05, 4.69) is 5.32 Å². The van der Waals surface area contributed by atoms with Crippen molar-refractivity contribution < 1.29 is 32.7 Å². The minimum absolute atomic E-state index is 0.196. The van der Waals surface area contributed by atoms with Gasteiger partial charge in [-0.1, -0.05) is 19.8 Å². The maximum atomic E-state index is 11.8. The lowest BCUT2D eigenvalue weighted by Gasteiger charge is -2.14. The Bertz CT molecular complexity index is 358. The summed E-state index contributed by atoms with van der Waals surface area (Å²) in [5.41, 5.74) is 0. The molecular formula is C11H17F3N2O4. The van der Waals surface area contributed by atoms with Crippen molar-refractivity contribution in [2.45, 2.75) is 44.8 Å². The van der Waals surface area contributed by atoms with Crippen molar-refractivity contribution in [1.29, 1.82) is 0 Å². The molecule has 0 radical (unpaired) electrons. The second-order valence-electron chi connectivity index (χ2n) is 4.17. The largest absolute Gasteiger partial charge is 0.480 e. The van der Waals surface area contributed by atoms with E-state index in [1.807, 2.05) is 6.92 Å². The topological polar surface area (TPSA) is 95.5 Å². The van der Waals surface area contributed by atoms with Crippen molar-refractivity contribution in [3.63, 3.8) is 0 Å². The van der Waals surface area contributed by atoms with Crippen molar-refractivity contribution in [2.75, 3.05) is 6.54 Å². The number of carboxylic acids is 1. The molecule has 1 unspecified atom stereocenters. The van der Waals surface area contributed by atoms with Gasteiger partial charge in [0.05, 0.1) is 0 Å². The van der Waals surface area contributed by atoms with E-state index in [1.54, 1.807) is 0 Å². The molecule has 0 bridgehead atoms. The number of alkyl halides is 3. The highest BCUT2D eigenvalue weighted by atomic mass is 19.4. The Balaban J connectivity index is 4.18. The van der Waals surface area contributed by atoms with Gasteiger partial charge in [0.1, 0.15) is 19.0 Å². The summed E-state index contributed by atoms with van der Waals surface area (Å²) in [5, 5.41) is 12.5. The molecule has 0 aliphatic carbocycles. The van der Waals surface area contributed by atoms with Crippen LogP contribution in [0.2, 0.25) is 0 Å². The fourth-order valence-corrected chi connectivity index (χ4v) is 1.32. The number of halogens is 3. The summed E-state index contributed by atoms with van der Waals surface area (Å²) in [4.78, 5) is 33.2. The van der Waals surface area contributed by atoms with Crippen LogP contribution in [-0.2, 0) is 14.4 Å². The molecule has 0 aliphatic heterocycles. The van der Waals surface area contributed by atoms with Crippen molar-refractivity contribution in [3.8, 4) is 0 Å². The third-order valence-corrected chi connectivity index (χ3v) is 2.29. The third kappa shape index (κ3) is 9.17. The van der Waals surface area contributed by atoms with Crippen molar-refractivity contribution in [3.05, 3.63) is 0 Å². The van der Waals surface area contributed by atoms with Gasteiger partial charge >= 0.3 is 12.1 Å². The van der Waals surface area contributed by atoms with Crippen LogP contribution in [0.15, 0.2) is 0 Å². The minimum atomic E-state index is -4.56. The first-order valence-corrected chi connectivity index (χ1v) is 6.01. The number of carboxylic acid groups (broad SMARTS) is 1. The van der Waals surface area contributed by atoms with Crippen LogP contribution < -0.4 is 10.6 Å². The number of carbonyl (C=O) groups is 3. The second kappa shape index (κ2) is 8.39. The molecule has 6 nitrogen and oxygen atoms in total. The fourth-order valence-electron chi connectivity index (χ4n) is 1.32. The van der Waals surface area contributed by atoms with Gasteiger partial charge in [0.15, 0.2) is 0 Å². The SMILES string of the molecule is CCCCC(NC(=O)CC(=O)NCC(F)(F)F)C(=O)O. The Labute approximate surface area is 113 Å². The molecule has 0 spiro atoms. The molecule has 9 heteroatoms. The zero-order valence-corrected chi connectivity index (χ0v) is 10.9. The quantitative estimate of drug-likeness (QED) is 0.578. The normalized spacial score (nSPS) is 12.6. The Morgan fingerprint density at radius 3 is 2.25 bits per heavy atom. The summed E-state index contributed by atoms with van der Waals surface area (Å²) in [7, 11) is 0. The molecule has 0 aromatic carbocycles. The fraction of sp³-hybridized carbons (Fsp3) is 0.727. The molecule has 3 N–H and O–H groups in total. The van der Waals surface area contributed by atoms with Gasteiger partial charge in [0.2, 0.25) is 11.8 Å². The van der Waals surface area contributed by atoms with E-state index in [4.69, 9.17) is 5.11 Å². The maximum absolute atomic E-state index is 11.8. The van der Waals surface area contributed by atoms with Crippen LogP contribution in [0.3, 0.4) is 0 Å². The van der Waals surface area contributed by atoms with E-state index in [1.165, 1.54) is 5.32 Å². The smallest absolute Gasteiger partial charge is 0.405 e. The summed E-state index contributed by atoms with van der Waals surface area (Å²) >= 11 is 0. The lowest BCUT2D eigenvalue weighted by Crippen LogP contribution is -2.43. The first-order valence-electron chi connectivity index (χ1n) is 6.01. The molecule has 0 aliphatic rings. The van der Waals surface area contributed by atoms with E-state index >= 15 is 0 Å². The van der Waals surface area contributed by atoms with E-state index in [0.717, 1.165) is 6.42 Å². The molecule has 116 valence electrons. The van der Waals surface area contributed by atoms with Crippen molar-refractivity contribution in [2.24, 2.45) is 0 Å². The molecule has 0 heterocycles. The van der Waals surface area contributed by atoms with Gasteiger partial charge in [-0.15, -0.1) is 0 Å². The molecule has 0 aromatic heterocycles. The maximum Gasteiger partial charge on any atom is 0.405 e. The highest BCUT2D eigenvalue weighted by molar-refractivity contribution is 5.98. The summed E-state index contributed by atoms with van der Waals surface area (Å²) in [5.74, 6) is -3.28. The predicted molar refractivity (Wildman–Crippen MR) is 62.8 cm³/mol. The number of aliphatic carboxylic acids is 1. The second-order valence-corrected chi connectivity index (χ2v) is 4.17. The van der Waals surface area contributed by atoms with Crippen LogP contribution >= 0.6 is 0 Å². The Hall–Kier alpha value is -1.80. The molecule has 20 heavy (non-hydrogen) atoms. The minimum Gasteiger partial charge on any atom is -0.480 e. The third-order valence-electron chi connectivity index (χ3n) is 2.29. The number of amides is 2. The number of hydrogen-bond donors (Lipinski definition) is 3. The van der Waals surface area contributed by atoms with E-state index in [0.29, 0.717) is 6.42 Å². The molecule has 1 atom stereocenters. The zero-order chi connectivity index (χ0) is 15.8. The van der Waals surface area contributed by atoms with Crippen molar-refractivity contribution >= 4 is 17.8 Å². The van der Waals surface area contributed by atoms with Gasteiger partial charge in [0.25, 0.3) is 0 Å². The highest BCUT2D eigenvalue weighted by Crippen LogP contribution is 2.12. The summed E-state index contributed by atoms with van der Waals surface area (Å²) in [6, 6.07) is -1.14. The van der Waals surface area contributed by atoms with Crippen LogP contribution in [0.1, 0.15) is 32.6 Å². The standard InChI is InChI=1S/C11H17F3N2O4/c1-2-3-4-7(10(19)20)16-9(18)5-8(17)15-6-11(12,13)14/h7H,2-6H2,1H3,(H,15,17)(H,16,18)(H,19,20). The monoisotopic (exact) mass is 298 g/mol. The highest BCUT2D eigenvalue weighted by Gasteiger charge is 2.28. The zero-order valence-electron chi connectivity index (χ0n) is 10.9.